The molecule has 1 N–H and O–H groups in total. The predicted octanol–water partition coefficient (Wildman–Crippen LogP) is 1.62. The Bertz CT molecular complexity index is 576. The lowest BCUT2D eigenvalue weighted by Gasteiger charge is -2.03. The monoisotopic (exact) mass is 235 g/mol. The van der Waals surface area contributed by atoms with Crippen LogP contribution in [0.3, 0.4) is 0 Å². The van der Waals surface area contributed by atoms with E-state index in [9.17, 15) is 8.42 Å². The van der Waals surface area contributed by atoms with Gasteiger partial charge in [-0.05, 0) is 36.4 Å². The summed E-state index contributed by atoms with van der Waals surface area (Å²) < 4.78 is 24.1. The summed E-state index contributed by atoms with van der Waals surface area (Å²) in [5.74, 6) is 0.0358. The van der Waals surface area contributed by atoms with E-state index in [4.69, 9.17) is 5.11 Å². The maximum absolute atomic E-state index is 12.0. The van der Waals surface area contributed by atoms with Gasteiger partial charge >= 0.3 is 0 Å². The Hall–Kier alpha value is -1.88. The predicted molar refractivity (Wildman–Crippen MR) is 57.8 cm³/mol. The molecule has 0 fully saturated rings. The van der Waals surface area contributed by atoms with Gasteiger partial charge < -0.3 is 5.11 Å². The molecule has 2 aromatic rings. The lowest BCUT2D eigenvalue weighted by Crippen LogP contribution is -2.01. The van der Waals surface area contributed by atoms with Crippen LogP contribution in [0.1, 0.15) is 0 Å². The zero-order valence-electron chi connectivity index (χ0n) is 8.24. The molecule has 0 aliphatic heterocycles. The van der Waals surface area contributed by atoms with Crippen LogP contribution in [0.25, 0.3) is 0 Å². The van der Waals surface area contributed by atoms with Crippen LogP contribution in [0.2, 0.25) is 0 Å². The van der Waals surface area contributed by atoms with Crippen molar-refractivity contribution >= 4 is 9.84 Å². The molecular formula is C11H9NO3S. The number of hydrogen-bond donors (Lipinski definition) is 1. The van der Waals surface area contributed by atoms with Crippen LogP contribution >= 0.6 is 0 Å². The van der Waals surface area contributed by atoms with Crippen LogP contribution in [0.4, 0.5) is 0 Å². The van der Waals surface area contributed by atoms with Crippen molar-refractivity contribution in [3.63, 3.8) is 0 Å². The summed E-state index contributed by atoms with van der Waals surface area (Å²) in [5.41, 5.74) is 0. The molecule has 0 radical (unpaired) electrons. The Labute approximate surface area is 93.1 Å². The fourth-order valence-electron chi connectivity index (χ4n) is 1.28. The highest BCUT2D eigenvalue weighted by Crippen LogP contribution is 2.21. The maximum Gasteiger partial charge on any atom is 0.206 e. The molecule has 0 atom stereocenters. The van der Waals surface area contributed by atoms with Gasteiger partial charge in [-0.15, -0.1) is 0 Å². The first-order valence-corrected chi connectivity index (χ1v) is 6.03. The van der Waals surface area contributed by atoms with Gasteiger partial charge in [0.25, 0.3) is 0 Å². The summed E-state index contributed by atoms with van der Waals surface area (Å²) >= 11 is 0. The van der Waals surface area contributed by atoms with E-state index >= 15 is 0 Å². The smallest absolute Gasteiger partial charge is 0.206 e. The van der Waals surface area contributed by atoms with E-state index in [-0.39, 0.29) is 15.5 Å². The summed E-state index contributed by atoms with van der Waals surface area (Å²) in [6.07, 6.45) is 2.85. The lowest BCUT2D eigenvalue weighted by atomic mass is 10.3. The standard InChI is InChI=1S/C11H9NO3S/c13-9-1-3-10(4-2-9)16(14,15)11-5-7-12-8-6-11/h1-8,13H. The molecule has 0 unspecified atom stereocenters. The van der Waals surface area contributed by atoms with Gasteiger partial charge in [0.1, 0.15) is 5.75 Å². The van der Waals surface area contributed by atoms with Gasteiger partial charge in [-0.2, -0.15) is 0 Å². The Kier molecular flexibility index (Phi) is 2.62. The highest BCUT2D eigenvalue weighted by atomic mass is 32.2. The largest absolute Gasteiger partial charge is 0.508 e. The Balaban J connectivity index is 2.52. The molecule has 1 aromatic carbocycles. The van der Waals surface area contributed by atoms with Gasteiger partial charge in [-0.1, -0.05) is 0 Å². The summed E-state index contributed by atoms with van der Waals surface area (Å²) in [6.45, 7) is 0. The zero-order valence-corrected chi connectivity index (χ0v) is 9.05. The third kappa shape index (κ3) is 1.90. The number of benzene rings is 1. The Morgan fingerprint density at radius 2 is 1.38 bits per heavy atom. The van der Waals surface area contributed by atoms with Gasteiger partial charge in [0, 0.05) is 12.4 Å². The number of nitrogens with zero attached hydrogens (tertiary/aromatic N) is 1. The quantitative estimate of drug-likeness (QED) is 0.858. The van der Waals surface area contributed by atoms with Crippen LogP contribution in [-0.2, 0) is 9.84 Å². The topological polar surface area (TPSA) is 67.3 Å². The summed E-state index contributed by atoms with van der Waals surface area (Å²) in [6, 6.07) is 8.28. The molecule has 0 bridgehead atoms. The lowest BCUT2D eigenvalue weighted by molar-refractivity contribution is 0.475. The molecule has 1 heterocycles. The normalized spacial score (nSPS) is 11.2. The molecule has 0 spiro atoms. The van der Waals surface area contributed by atoms with E-state index in [0.717, 1.165) is 0 Å². The second-order valence-electron chi connectivity index (χ2n) is 3.18. The molecular weight excluding hydrogens is 226 g/mol. The maximum atomic E-state index is 12.0. The minimum absolute atomic E-state index is 0.0358. The van der Waals surface area contributed by atoms with Crippen LogP contribution in [-0.4, -0.2) is 18.5 Å². The fraction of sp³-hybridized carbons (Fsp3) is 0. The first-order chi connectivity index (χ1) is 7.60. The summed E-state index contributed by atoms with van der Waals surface area (Å²) in [7, 11) is -3.51. The van der Waals surface area contributed by atoms with Crippen molar-refractivity contribution in [3.8, 4) is 5.75 Å². The molecule has 1 aromatic heterocycles. The molecule has 0 aliphatic carbocycles. The van der Waals surface area contributed by atoms with Crippen molar-refractivity contribution in [2.24, 2.45) is 0 Å². The number of phenols is 1. The highest BCUT2D eigenvalue weighted by Gasteiger charge is 2.16. The van der Waals surface area contributed by atoms with Crippen molar-refractivity contribution < 1.29 is 13.5 Å². The average Bonchev–Trinajstić information content (AvgIpc) is 2.31. The minimum atomic E-state index is -3.51. The molecule has 82 valence electrons. The summed E-state index contributed by atoms with van der Waals surface area (Å²) in [5, 5.41) is 9.09. The van der Waals surface area contributed by atoms with E-state index < -0.39 is 9.84 Å². The number of aromatic nitrogens is 1. The van der Waals surface area contributed by atoms with E-state index in [0.29, 0.717) is 0 Å². The molecule has 0 saturated carbocycles. The van der Waals surface area contributed by atoms with Crippen molar-refractivity contribution in [1.82, 2.24) is 4.98 Å². The zero-order chi connectivity index (χ0) is 11.6. The number of sulfone groups is 1. The van der Waals surface area contributed by atoms with E-state index in [1.54, 1.807) is 0 Å². The fourth-order valence-corrected chi connectivity index (χ4v) is 2.53. The van der Waals surface area contributed by atoms with Crippen LogP contribution in [0.5, 0.6) is 5.75 Å². The summed E-state index contributed by atoms with van der Waals surface area (Å²) in [4.78, 5) is 4.10. The molecule has 0 saturated heterocycles. The molecule has 2 rings (SSSR count). The number of pyridine rings is 1. The third-order valence-electron chi connectivity index (χ3n) is 2.11. The van der Waals surface area contributed by atoms with Crippen molar-refractivity contribution in [2.45, 2.75) is 9.79 Å². The molecule has 4 nitrogen and oxygen atoms in total. The number of aromatic hydroxyl groups is 1. The van der Waals surface area contributed by atoms with Crippen molar-refractivity contribution in [2.75, 3.05) is 0 Å². The first-order valence-electron chi connectivity index (χ1n) is 4.55. The highest BCUT2D eigenvalue weighted by molar-refractivity contribution is 7.91. The average molecular weight is 235 g/mol. The van der Waals surface area contributed by atoms with Crippen LogP contribution in [0, 0.1) is 0 Å². The van der Waals surface area contributed by atoms with Gasteiger partial charge in [-0.25, -0.2) is 8.42 Å². The number of rotatable bonds is 2. The molecule has 5 heteroatoms. The molecule has 16 heavy (non-hydrogen) atoms. The van der Waals surface area contributed by atoms with Crippen LogP contribution in [0.15, 0.2) is 58.6 Å². The van der Waals surface area contributed by atoms with Gasteiger partial charge in [0.15, 0.2) is 0 Å². The molecule has 0 amide bonds. The minimum Gasteiger partial charge on any atom is -0.508 e. The van der Waals surface area contributed by atoms with Crippen LogP contribution < -0.4 is 0 Å². The Morgan fingerprint density at radius 1 is 0.875 bits per heavy atom. The van der Waals surface area contributed by atoms with Crippen molar-refractivity contribution in [1.29, 1.82) is 0 Å². The van der Waals surface area contributed by atoms with Gasteiger partial charge in [0.05, 0.1) is 9.79 Å². The first kappa shape index (κ1) is 10.6. The molecule has 0 aliphatic rings. The number of phenolic OH excluding ortho intramolecular Hbond substituents is 1. The van der Waals surface area contributed by atoms with Gasteiger partial charge in [0.2, 0.25) is 9.84 Å². The van der Waals surface area contributed by atoms with Gasteiger partial charge in [-0.3, -0.25) is 4.98 Å². The van der Waals surface area contributed by atoms with Crippen molar-refractivity contribution in [3.05, 3.63) is 48.8 Å². The second-order valence-corrected chi connectivity index (χ2v) is 5.13. The third-order valence-corrected chi connectivity index (χ3v) is 3.89. The SMILES string of the molecule is O=S(=O)(c1ccncc1)c1ccc(O)cc1. The van der Waals surface area contributed by atoms with E-state index in [2.05, 4.69) is 4.98 Å². The Morgan fingerprint density at radius 3 is 1.94 bits per heavy atom. The van der Waals surface area contributed by atoms with E-state index in [1.165, 1.54) is 48.8 Å². The van der Waals surface area contributed by atoms with E-state index in [1.807, 2.05) is 0 Å². The number of hydrogen-bond acceptors (Lipinski definition) is 4. The second kappa shape index (κ2) is 3.94.